The topological polar surface area (TPSA) is 35.5 Å². The summed E-state index contributed by atoms with van der Waals surface area (Å²) in [6, 6.07) is 3.68. The quantitative estimate of drug-likeness (QED) is 0.786. The van der Waals surface area contributed by atoms with Crippen molar-refractivity contribution in [3.05, 3.63) is 35.4 Å². The lowest BCUT2D eigenvalue weighted by Gasteiger charge is -2.16. The van der Waals surface area contributed by atoms with Gasteiger partial charge in [-0.15, -0.1) is 0 Å². The molecule has 3 nitrogen and oxygen atoms in total. The van der Waals surface area contributed by atoms with Crippen LogP contribution >= 0.6 is 0 Å². The molecule has 1 aromatic rings. The Kier molecular flexibility index (Phi) is 3.18. The van der Waals surface area contributed by atoms with E-state index in [-0.39, 0.29) is 11.7 Å². The van der Waals surface area contributed by atoms with Crippen LogP contribution in [-0.4, -0.2) is 20.0 Å². The third kappa shape index (κ3) is 2.05. The number of benzene rings is 1. The van der Waals surface area contributed by atoms with E-state index in [2.05, 4.69) is 6.92 Å². The van der Waals surface area contributed by atoms with Crippen molar-refractivity contribution in [2.75, 3.05) is 14.2 Å². The van der Waals surface area contributed by atoms with Crippen LogP contribution in [-0.2, 0) is 0 Å². The smallest absolute Gasteiger partial charge is 0.189 e. The monoisotopic (exact) mass is 232 g/mol. The Morgan fingerprint density at radius 3 is 2.65 bits per heavy atom. The third-order valence-electron chi connectivity index (χ3n) is 3.10. The largest absolute Gasteiger partial charge is 0.497 e. The summed E-state index contributed by atoms with van der Waals surface area (Å²) in [5.41, 5.74) is 1.66. The highest BCUT2D eigenvalue weighted by Crippen LogP contribution is 2.36. The van der Waals surface area contributed by atoms with Gasteiger partial charge < -0.3 is 9.47 Å². The number of carbonyl (C=O) groups is 1. The van der Waals surface area contributed by atoms with E-state index in [0.717, 1.165) is 17.7 Å². The highest BCUT2D eigenvalue weighted by atomic mass is 16.5. The Bertz CT molecular complexity index is 475. The van der Waals surface area contributed by atoms with Gasteiger partial charge in [0.2, 0.25) is 0 Å². The Morgan fingerprint density at radius 2 is 2.00 bits per heavy atom. The summed E-state index contributed by atoms with van der Waals surface area (Å²) in [6.45, 7) is 2.10. The second kappa shape index (κ2) is 4.62. The van der Waals surface area contributed by atoms with Crippen molar-refractivity contribution in [3.63, 3.8) is 0 Å². The summed E-state index contributed by atoms with van der Waals surface area (Å²) in [4.78, 5) is 12.0. The predicted molar refractivity (Wildman–Crippen MR) is 66.0 cm³/mol. The summed E-state index contributed by atoms with van der Waals surface area (Å²) >= 11 is 0. The van der Waals surface area contributed by atoms with Gasteiger partial charge in [-0.25, -0.2) is 0 Å². The number of carbonyl (C=O) groups excluding carboxylic acids is 1. The summed E-state index contributed by atoms with van der Waals surface area (Å²) < 4.78 is 10.5. The van der Waals surface area contributed by atoms with Gasteiger partial charge in [0.1, 0.15) is 11.5 Å². The summed E-state index contributed by atoms with van der Waals surface area (Å²) in [5, 5.41) is 0. The van der Waals surface area contributed by atoms with Crippen molar-refractivity contribution in [2.24, 2.45) is 0 Å². The van der Waals surface area contributed by atoms with Gasteiger partial charge in [0.05, 0.1) is 19.8 Å². The molecule has 0 N–H and O–H groups in total. The molecule has 0 spiro atoms. The molecule has 1 aromatic carbocycles. The third-order valence-corrected chi connectivity index (χ3v) is 3.10. The van der Waals surface area contributed by atoms with Crippen LogP contribution < -0.4 is 9.47 Å². The minimum Gasteiger partial charge on any atom is -0.497 e. The van der Waals surface area contributed by atoms with Gasteiger partial charge in [0.25, 0.3) is 0 Å². The lowest BCUT2D eigenvalue weighted by molar-refractivity contribution is 0.104. The number of allylic oxidation sites excluding steroid dienone is 2. The van der Waals surface area contributed by atoms with Gasteiger partial charge in [0, 0.05) is 6.07 Å². The maximum Gasteiger partial charge on any atom is 0.189 e. The first-order valence-corrected chi connectivity index (χ1v) is 5.64. The molecule has 0 fully saturated rings. The molecule has 1 unspecified atom stereocenters. The van der Waals surface area contributed by atoms with E-state index in [1.165, 1.54) is 0 Å². The molecule has 3 heteroatoms. The average Bonchev–Trinajstić information content (AvgIpc) is 2.49. The zero-order valence-electron chi connectivity index (χ0n) is 10.3. The molecule has 0 radical (unpaired) electrons. The molecule has 0 amide bonds. The summed E-state index contributed by atoms with van der Waals surface area (Å²) in [5.74, 6) is 1.60. The highest BCUT2D eigenvalue weighted by Gasteiger charge is 2.22. The van der Waals surface area contributed by atoms with Crippen molar-refractivity contribution >= 4 is 5.78 Å². The lowest BCUT2D eigenvalue weighted by atomic mass is 9.92. The van der Waals surface area contributed by atoms with Crippen LogP contribution in [0.15, 0.2) is 24.3 Å². The van der Waals surface area contributed by atoms with Gasteiger partial charge in [-0.3, -0.25) is 4.79 Å². The molecule has 1 atom stereocenters. The first kappa shape index (κ1) is 11.7. The fraction of sp³-hybridized carbons (Fsp3) is 0.357. The van der Waals surface area contributed by atoms with E-state index in [9.17, 15) is 4.79 Å². The van der Waals surface area contributed by atoms with Gasteiger partial charge in [-0.2, -0.15) is 0 Å². The lowest BCUT2D eigenvalue weighted by Crippen LogP contribution is -2.05. The van der Waals surface area contributed by atoms with Crippen LogP contribution in [0.4, 0.5) is 0 Å². The van der Waals surface area contributed by atoms with Crippen LogP contribution in [0.5, 0.6) is 11.5 Å². The SMILES string of the molecule is COc1cc(OC)c2c(c1)C(C)CC=CC2=O. The van der Waals surface area contributed by atoms with Crippen molar-refractivity contribution < 1.29 is 14.3 Å². The zero-order valence-corrected chi connectivity index (χ0v) is 10.3. The maximum atomic E-state index is 12.0. The van der Waals surface area contributed by atoms with E-state index >= 15 is 0 Å². The number of ketones is 1. The molecule has 0 heterocycles. The Labute approximate surface area is 101 Å². The van der Waals surface area contributed by atoms with Crippen LogP contribution in [0, 0.1) is 0 Å². The molecule has 2 rings (SSSR count). The predicted octanol–water partition coefficient (Wildman–Crippen LogP) is 2.95. The number of hydrogen-bond donors (Lipinski definition) is 0. The van der Waals surface area contributed by atoms with Crippen molar-refractivity contribution in [2.45, 2.75) is 19.3 Å². The number of hydrogen-bond acceptors (Lipinski definition) is 3. The molecule has 0 aliphatic heterocycles. The molecular formula is C14H16O3. The molecule has 17 heavy (non-hydrogen) atoms. The normalized spacial score (nSPS) is 18.5. The standard InChI is InChI=1S/C14H16O3/c1-9-5-4-6-12(15)14-11(9)7-10(16-2)8-13(14)17-3/h4,6-9H,5H2,1-3H3. The van der Waals surface area contributed by atoms with Gasteiger partial charge in [0.15, 0.2) is 5.78 Å². The molecule has 0 saturated heterocycles. The Balaban J connectivity index is 2.67. The first-order valence-electron chi connectivity index (χ1n) is 5.64. The minimum atomic E-state index is 0.00357. The van der Waals surface area contributed by atoms with Crippen LogP contribution in [0.2, 0.25) is 0 Å². The van der Waals surface area contributed by atoms with Gasteiger partial charge in [-0.05, 0) is 30.0 Å². The van der Waals surface area contributed by atoms with E-state index in [1.54, 1.807) is 26.4 Å². The highest BCUT2D eigenvalue weighted by molar-refractivity contribution is 6.08. The summed E-state index contributed by atoms with van der Waals surface area (Å²) in [6.07, 6.45) is 4.39. The van der Waals surface area contributed by atoms with Crippen LogP contribution in [0.3, 0.4) is 0 Å². The van der Waals surface area contributed by atoms with E-state index < -0.39 is 0 Å². The fourth-order valence-corrected chi connectivity index (χ4v) is 2.13. The average molecular weight is 232 g/mol. The fourth-order valence-electron chi connectivity index (χ4n) is 2.13. The van der Waals surface area contributed by atoms with E-state index in [0.29, 0.717) is 11.3 Å². The van der Waals surface area contributed by atoms with E-state index in [4.69, 9.17) is 9.47 Å². The zero-order chi connectivity index (χ0) is 12.4. The minimum absolute atomic E-state index is 0.00357. The number of methoxy groups -OCH3 is 2. The van der Waals surface area contributed by atoms with Crippen LogP contribution in [0.25, 0.3) is 0 Å². The van der Waals surface area contributed by atoms with Crippen molar-refractivity contribution in [3.8, 4) is 11.5 Å². The molecule has 1 aliphatic rings. The molecule has 90 valence electrons. The van der Waals surface area contributed by atoms with Crippen molar-refractivity contribution in [1.29, 1.82) is 0 Å². The maximum absolute atomic E-state index is 12.0. The second-order valence-electron chi connectivity index (χ2n) is 4.20. The molecule has 1 aliphatic carbocycles. The molecule has 0 bridgehead atoms. The summed E-state index contributed by atoms with van der Waals surface area (Å²) in [7, 11) is 3.18. The van der Waals surface area contributed by atoms with E-state index in [1.807, 2.05) is 12.1 Å². The Hall–Kier alpha value is -1.77. The van der Waals surface area contributed by atoms with Gasteiger partial charge >= 0.3 is 0 Å². The van der Waals surface area contributed by atoms with Gasteiger partial charge in [-0.1, -0.05) is 13.0 Å². The molecule has 0 saturated carbocycles. The molecule has 0 aromatic heterocycles. The van der Waals surface area contributed by atoms with Crippen LogP contribution in [0.1, 0.15) is 35.2 Å². The number of fused-ring (bicyclic) bond motifs is 1. The molecular weight excluding hydrogens is 216 g/mol. The first-order chi connectivity index (χ1) is 8.17. The number of rotatable bonds is 2. The van der Waals surface area contributed by atoms with Crippen molar-refractivity contribution in [1.82, 2.24) is 0 Å². The Morgan fingerprint density at radius 1 is 1.24 bits per heavy atom. The second-order valence-corrected chi connectivity index (χ2v) is 4.20. The number of ether oxygens (including phenoxy) is 2.